The second-order valence-electron chi connectivity index (χ2n) is 5.63. The lowest BCUT2D eigenvalue weighted by Gasteiger charge is -2.26. The zero-order valence-electron chi connectivity index (χ0n) is 14.4. The number of aliphatic hydroxyl groups is 3. The summed E-state index contributed by atoms with van der Waals surface area (Å²) in [6, 6.07) is 10.0. The van der Waals surface area contributed by atoms with E-state index in [0.717, 1.165) is 19.1 Å². The van der Waals surface area contributed by atoms with E-state index in [2.05, 4.69) is 13.2 Å². The lowest BCUT2D eigenvalue weighted by Crippen LogP contribution is -2.34. The molecule has 1 aliphatic heterocycles. The lowest BCUT2D eigenvalue weighted by molar-refractivity contribution is -0.131. The topological polar surface area (TPSA) is 111 Å². The van der Waals surface area contributed by atoms with Crippen molar-refractivity contribution in [1.29, 1.82) is 0 Å². The molecule has 0 bridgehead atoms. The summed E-state index contributed by atoms with van der Waals surface area (Å²) >= 11 is 0. The van der Waals surface area contributed by atoms with E-state index in [1.165, 1.54) is 5.56 Å². The molecule has 0 aliphatic carbocycles. The van der Waals surface area contributed by atoms with Gasteiger partial charge in [0.05, 0.1) is 32.5 Å². The molecule has 1 saturated heterocycles. The van der Waals surface area contributed by atoms with Crippen molar-refractivity contribution in [3.05, 3.63) is 55.1 Å². The van der Waals surface area contributed by atoms with E-state index in [0.29, 0.717) is 6.42 Å². The SMILES string of the molecule is C=CC(=O)O.C=Cc1ccccc1.OCC(CO)(CO)CCC1CO1. The van der Waals surface area contributed by atoms with Crippen molar-refractivity contribution in [3.63, 3.8) is 0 Å². The predicted octanol–water partition coefficient (Wildman–Crippen LogP) is 1.72. The number of hydrogen-bond acceptors (Lipinski definition) is 5. The lowest BCUT2D eigenvalue weighted by atomic mass is 9.85. The van der Waals surface area contributed by atoms with Crippen LogP contribution in [-0.2, 0) is 9.53 Å². The van der Waals surface area contributed by atoms with Crippen LogP contribution in [-0.4, -0.2) is 58.9 Å². The Morgan fingerprint density at radius 1 is 1.16 bits per heavy atom. The molecular weight excluding hydrogens is 324 g/mol. The number of benzene rings is 1. The third-order valence-electron chi connectivity index (χ3n) is 3.62. The largest absolute Gasteiger partial charge is 0.478 e. The first kappa shape index (κ1) is 23.0. The van der Waals surface area contributed by atoms with Gasteiger partial charge in [-0.15, -0.1) is 0 Å². The van der Waals surface area contributed by atoms with Gasteiger partial charge < -0.3 is 25.2 Å². The van der Waals surface area contributed by atoms with Gasteiger partial charge in [0, 0.05) is 11.5 Å². The average Bonchev–Trinajstić information content (AvgIpc) is 3.49. The Kier molecular flexibility index (Phi) is 12.3. The second kappa shape index (κ2) is 13.3. The fourth-order valence-electron chi connectivity index (χ4n) is 1.68. The van der Waals surface area contributed by atoms with Gasteiger partial charge in [-0.2, -0.15) is 0 Å². The molecule has 4 N–H and O–H groups in total. The standard InChI is InChI=1S/C8H16O4.C8H8.C3H4O2/c9-4-8(5-10,6-11)2-1-7-3-12-7;1-2-8-6-4-3-5-7-8;1-2-3(4)5/h7,9-11H,1-6H2;2-7H,1H2;2H,1H2,(H,4,5). The van der Waals surface area contributed by atoms with E-state index >= 15 is 0 Å². The predicted molar refractivity (Wildman–Crippen MR) is 97.0 cm³/mol. The first-order chi connectivity index (χ1) is 12.0. The van der Waals surface area contributed by atoms with Crippen molar-refractivity contribution in [2.45, 2.75) is 18.9 Å². The van der Waals surface area contributed by atoms with Crippen molar-refractivity contribution >= 4 is 12.0 Å². The fourth-order valence-corrected chi connectivity index (χ4v) is 1.68. The third kappa shape index (κ3) is 11.2. The van der Waals surface area contributed by atoms with Gasteiger partial charge in [0.25, 0.3) is 0 Å². The molecule has 6 nitrogen and oxygen atoms in total. The zero-order valence-corrected chi connectivity index (χ0v) is 14.4. The molecule has 0 spiro atoms. The van der Waals surface area contributed by atoms with Crippen molar-refractivity contribution in [2.75, 3.05) is 26.4 Å². The number of epoxide rings is 1. The van der Waals surface area contributed by atoms with E-state index in [-0.39, 0.29) is 25.9 Å². The van der Waals surface area contributed by atoms with Crippen LogP contribution in [0.2, 0.25) is 0 Å². The van der Waals surface area contributed by atoms with Crippen molar-refractivity contribution in [3.8, 4) is 0 Å². The number of aliphatic hydroxyl groups excluding tert-OH is 3. The van der Waals surface area contributed by atoms with Gasteiger partial charge in [-0.3, -0.25) is 0 Å². The Balaban J connectivity index is 0.000000382. The van der Waals surface area contributed by atoms with Crippen molar-refractivity contribution < 1.29 is 30.0 Å². The first-order valence-electron chi connectivity index (χ1n) is 7.94. The van der Waals surface area contributed by atoms with E-state index < -0.39 is 11.4 Å². The van der Waals surface area contributed by atoms with Gasteiger partial charge in [-0.25, -0.2) is 4.79 Å². The molecule has 1 atom stereocenters. The normalized spacial score (nSPS) is 14.9. The highest BCUT2D eigenvalue weighted by atomic mass is 16.6. The third-order valence-corrected chi connectivity index (χ3v) is 3.62. The molecule has 1 aliphatic rings. The number of carbonyl (C=O) groups is 1. The molecule has 6 heteroatoms. The molecule has 2 rings (SSSR count). The molecule has 1 aromatic carbocycles. The first-order valence-corrected chi connectivity index (χ1v) is 7.94. The summed E-state index contributed by atoms with van der Waals surface area (Å²) in [7, 11) is 0. The van der Waals surface area contributed by atoms with Crippen molar-refractivity contribution in [1.82, 2.24) is 0 Å². The molecule has 140 valence electrons. The maximum absolute atomic E-state index is 9.25. The van der Waals surface area contributed by atoms with Crippen LogP contribution in [0.25, 0.3) is 6.08 Å². The van der Waals surface area contributed by atoms with Crippen LogP contribution in [0.15, 0.2) is 49.6 Å². The minimum absolute atomic E-state index is 0.174. The quantitative estimate of drug-likeness (QED) is 0.419. The van der Waals surface area contributed by atoms with Gasteiger partial charge in [0.15, 0.2) is 0 Å². The highest BCUT2D eigenvalue weighted by Gasteiger charge is 2.32. The summed E-state index contributed by atoms with van der Waals surface area (Å²) in [4.78, 5) is 9.25. The summed E-state index contributed by atoms with van der Waals surface area (Å²) in [5.41, 5.74) is 0.457. The smallest absolute Gasteiger partial charge is 0.327 e. The van der Waals surface area contributed by atoms with Gasteiger partial charge >= 0.3 is 5.97 Å². The van der Waals surface area contributed by atoms with Crippen LogP contribution in [0.1, 0.15) is 18.4 Å². The van der Waals surface area contributed by atoms with Gasteiger partial charge in [-0.05, 0) is 18.4 Å². The Bertz CT molecular complexity index is 484. The molecule has 1 unspecified atom stereocenters. The number of aliphatic carboxylic acids is 1. The minimum Gasteiger partial charge on any atom is -0.478 e. The number of hydrogen-bond donors (Lipinski definition) is 4. The maximum atomic E-state index is 9.25. The van der Waals surface area contributed by atoms with Crippen LogP contribution in [0.4, 0.5) is 0 Å². The van der Waals surface area contributed by atoms with E-state index in [9.17, 15) is 4.79 Å². The van der Waals surface area contributed by atoms with Crippen LogP contribution in [0.3, 0.4) is 0 Å². The molecule has 0 radical (unpaired) electrons. The minimum atomic E-state index is -0.981. The van der Waals surface area contributed by atoms with E-state index in [1.54, 1.807) is 0 Å². The molecule has 25 heavy (non-hydrogen) atoms. The number of rotatable bonds is 8. The Morgan fingerprint density at radius 3 is 1.92 bits per heavy atom. The van der Waals surface area contributed by atoms with Gasteiger partial charge in [0.2, 0.25) is 0 Å². The molecule has 0 aromatic heterocycles. The highest BCUT2D eigenvalue weighted by molar-refractivity contribution is 5.78. The fraction of sp³-hybridized carbons (Fsp3) is 0.421. The number of carboxylic acids is 1. The Hall–Kier alpha value is -1.99. The van der Waals surface area contributed by atoms with Gasteiger partial charge in [-0.1, -0.05) is 49.6 Å². The van der Waals surface area contributed by atoms with E-state index in [1.807, 2.05) is 36.4 Å². The highest BCUT2D eigenvalue weighted by Crippen LogP contribution is 2.26. The summed E-state index contributed by atoms with van der Waals surface area (Å²) in [6.07, 6.45) is 4.37. The monoisotopic (exact) mass is 352 g/mol. The van der Waals surface area contributed by atoms with Crippen LogP contribution < -0.4 is 0 Å². The summed E-state index contributed by atoms with van der Waals surface area (Å²) < 4.78 is 4.99. The Labute approximate surface area is 148 Å². The number of ether oxygens (including phenoxy) is 1. The van der Waals surface area contributed by atoms with Crippen LogP contribution in [0, 0.1) is 5.41 Å². The maximum Gasteiger partial charge on any atom is 0.327 e. The average molecular weight is 352 g/mol. The van der Waals surface area contributed by atoms with E-state index in [4.69, 9.17) is 25.2 Å². The molecule has 1 heterocycles. The Morgan fingerprint density at radius 2 is 1.64 bits per heavy atom. The summed E-state index contributed by atoms with van der Waals surface area (Å²) in [6.45, 7) is 6.85. The zero-order chi connectivity index (χ0) is 19.1. The summed E-state index contributed by atoms with van der Waals surface area (Å²) in [5.74, 6) is -0.981. The van der Waals surface area contributed by atoms with Crippen LogP contribution >= 0.6 is 0 Å². The number of carboxylic acid groups (broad SMARTS) is 1. The molecule has 0 amide bonds. The molecule has 1 aromatic rings. The summed E-state index contributed by atoms with van der Waals surface area (Å²) in [5, 5.41) is 34.5. The van der Waals surface area contributed by atoms with Crippen LogP contribution in [0.5, 0.6) is 0 Å². The second-order valence-corrected chi connectivity index (χ2v) is 5.63. The van der Waals surface area contributed by atoms with Gasteiger partial charge in [0.1, 0.15) is 0 Å². The molecular formula is C19H28O6. The molecule has 1 fully saturated rings. The van der Waals surface area contributed by atoms with Crippen molar-refractivity contribution in [2.24, 2.45) is 5.41 Å². The molecule has 0 saturated carbocycles.